The van der Waals surface area contributed by atoms with Crippen LogP contribution >= 0.6 is 0 Å². The molecule has 0 unspecified atom stereocenters. The molecule has 2 aromatic heterocycles. The fourth-order valence-corrected chi connectivity index (χ4v) is 1.65. The van der Waals surface area contributed by atoms with Gasteiger partial charge in [-0.15, -0.1) is 0 Å². The van der Waals surface area contributed by atoms with Gasteiger partial charge in [-0.2, -0.15) is 0 Å². The van der Waals surface area contributed by atoms with Crippen molar-refractivity contribution < 1.29 is 18.7 Å². The molecule has 0 aliphatic rings. The molecule has 0 saturated carbocycles. The number of fused-ring (bicyclic) bond motifs is 1. The van der Waals surface area contributed by atoms with E-state index in [4.69, 9.17) is 9.15 Å². The lowest BCUT2D eigenvalue weighted by Gasteiger charge is -2.19. The molecule has 7 heteroatoms. The summed E-state index contributed by atoms with van der Waals surface area (Å²) in [7, 11) is 0. The van der Waals surface area contributed by atoms with E-state index in [2.05, 4.69) is 15.6 Å². The minimum absolute atomic E-state index is 0.184. The van der Waals surface area contributed by atoms with Gasteiger partial charge in [0.25, 0.3) is 0 Å². The first-order valence-electron chi connectivity index (χ1n) is 6.44. The van der Waals surface area contributed by atoms with Crippen LogP contribution in [-0.4, -0.2) is 29.1 Å². The van der Waals surface area contributed by atoms with Gasteiger partial charge in [-0.25, -0.2) is 9.78 Å². The highest BCUT2D eigenvalue weighted by atomic mass is 16.6. The molecule has 2 heterocycles. The number of rotatable bonds is 3. The summed E-state index contributed by atoms with van der Waals surface area (Å²) in [6, 6.07) is 3.36. The number of ether oxygens (including phenoxy) is 1. The maximum absolute atomic E-state index is 11.8. The maximum Gasteiger partial charge on any atom is 0.408 e. The van der Waals surface area contributed by atoms with Gasteiger partial charge in [-0.1, -0.05) is 0 Å². The molecule has 2 amide bonds. The lowest BCUT2D eigenvalue weighted by molar-refractivity contribution is -0.115. The molecule has 0 spiro atoms. The Morgan fingerprint density at radius 3 is 2.81 bits per heavy atom. The number of nitrogens with one attached hydrogen (secondary N) is 2. The van der Waals surface area contributed by atoms with Crippen LogP contribution in [0.1, 0.15) is 20.8 Å². The van der Waals surface area contributed by atoms with Gasteiger partial charge in [-0.05, 0) is 32.9 Å². The third kappa shape index (κ3) is 4.20. The molecule has 0 radical (unpaired) electrons. The standard InChI is InChI=1S/C14H17N3O4/c1-14(2,3)21-13(19)16-8-11(18)17-10-4-6-15-12-9(10)5-7-20-12/h4-7H,8H2,1-3H3,(H,16,19)(H,15,17,18). The Morgan fingerprint density at radius 1 is 1.33 bits per heavy atom. The smallest absolute Gasteiger partial charge is 0.408 e. The zero-order valence-corrected chi connectivity index (χ0v) is 12.1. The number of alkyl carbamates (subject to hydrolysis) is 1. The van der Waals surface area contributed by atoms with Crippen LogP contribution in [0.3, 0.4) is 0 Å². The zero-order chi connectivity index (χ0) is 15.5. The maximum atomic E-state index is 11.8. The number of hydrogen-bond donors (Lipinski definition) is 2. The second kappa shape index (κ2) is 5.82. The van der Waals surface area contributed by atoms with Crippen molar-refractivity contribution in [2.45, 2.75) is 26.4 Å². The van der Waals surface area contributed by atoms with Gasteiger partial charge in [0.2, 0.25) is 11.6 Å². The Balaban J connectivity index is 1.90. The van der Waals surface area contributed by atoms with E-state index in [1.807, 2.05) is 0 Å². The van der Waals surface area contributed by atoms with E-state index in [0.717, 1.165) is 0 Å². The average molecular weight is 291 g/mol. The first-order valence-corrected chi connectivity index (χ1v) is 6.44. The normalized spacial score (nSPS) is 11.2. The summed E-state index contributed by atoms with van der Waals surface area (Å²) in [6.45, 7) is 5.06. The molecule has 2 rings (SSSR count). The number of amides is 2. The van der Waals surface area contributed by atoms with E-state index in [-0.39, 0.29) is 12.5 Å². The molecule has 0 saturated heterocycles. The van der Waals surface area contributed by atoms with Crippen molar-refractivity contribution in [3.05, 3.63) is 24.6 Å². The van der Waals surface area contributed by atoms with E-state index >= 15 is 0 Å². The highest BCUT2D eigenvalue weighted by molar-refractivity contribution is 6.00. The van der Waals surface area contributed by atoms with Gasteiger partial charge < -0.3 is 19.8 Å². The van der Waals surface area contributed by atoms with E-state index < -0.39 is 11.7 Å². The summed E-state index contributed by atoms with van der Waals surface area (Å²) in [4.78, 5) is 27.3. The number of hydrogen-bond acceptors (Lipinski definition) is 5. The summed E-state index contributed by atoms with van der Waals surface area (Å²) in [6.07, 6.45) is 2.38. The van der Waals surface area contributed by atoms with Gasteiger partial charge in [0.15, 0.2) is 0 Å². The van der Waals surface area contributed by atoms with Crippen molar-refractivity contribution in [2.24, 2.45) is 0 Å². The highest BCUT2D eigenvalue weighted by Crippen LogP contribution is 2.21. The van der Waals surface area contributed by atoms with Crippen LogP contribution in [0, 0.1) is 0 Å². The van der Waals surface area contributed by atoms with Gasteiger partial charge in [0, 0.05) is 6.20 Å². The molecule has 0 fully saturated rings. The Labute approximate surface area is 121 Å². The first-order chi connectivity index (χ1) is 9.85. The molecule has 7 nitrogen and oxygen atoms in total. The molecule has 112 valence electrons. The van der Waals surface area contributed by atoms with Crippen molar-refractivity contribution >= 4 is 28.8 Å². The number of pyridine rings is 1. The average Bonchev–Trinajstić information content (AvgIpc) is 2.84. The number of carbonyl (C=O) groups is 2. The number of nitrogens with zero attached hydrogens (tertiary/aromatic N) is 1. The Hall–Kier alpha value is -2.57. The van der Waals surface area contributed by atoms with Gasteiger partial charge in [0.05, 0.1) is 17.3 Å². The molecule has 21 heavy (non-hydrogen) atoms. The number of aromatic nitrogens is 1. The van der Waals surface area contributed by atoms with Crippen LogP contribution in [0.5, 0.6) is 0 Å². The Kier molecular flexibility index (Phi) is 4.11. The molecule has 2 aromatic rings. The minimum atomic E-state index is -0.638. The van der Waals surface area contributed by atoms with Gasteiger partial charge >= 0.3 is 6.09 Å². The van der Waals surface area contributed by atoms with E-state index in [1.165, 1.54) is 12.5 Å². The molecule has 0 aliphatic carbocycles. The zero-order valence-electron chi connectivity index (χ0n) is 12.1. The SMILES string of the molecule is CC(C)(C)OC(=O)NCC(=O)Nc1ccnc2occc12. The van der Waals surface area contributed by atoms with Gasteiger partial charge in [-0.3, -0.25) is 4.79 Å². The monoisotopic (exact) mass is 291 g/mol. The molecule has 0 atom stereocenters. The van der Waals surface area contributed by atoms with E-state index in [1.54, 1.807) is 32.9 Å². The lowest BCUT2D eigenvalue weighted by atomic mass is 10.2. The molecular formula is C14H17N3O4. The van der Waals surface area contributed by atoms with Crippen molar-refractivity contribution in [2.75, 3.05) is 11.9 Å². The van der Waals surface area contributed by atoms with Crippen molar-refractivity contribution in [3.8, 4) is 0 Å². The van der Waals surface area contributed by atoms with Crippen LogP contribution in [-0.2, 0) is 9.53 Å². The number of furan rings is 1. The van der Waals surface area contributed by atoms with Crippen LogP contribution in [0.2, 0.25) is 0 Å². The highest BCUT2D eigenvalue weighted by Gasteiger charge is 2.16. The van der Waals surface area contributed by atoms with Crippen LogP contribution in [0.25, 0.3) is 11.1 Å². The quantitative estimate of drug-likeness (QED) is 0.905. The third-order valence-corrected chi connectivity index (χ3v) is 2.43. The predicted molar refractivity (Wildman–Crippen MR) is 76.9 cm³/mol. The summed E-state index contributed by atoms with van der Waals surface area (Å²) >= 11 is 0. The second-order valence-electron chi connectivity index (χ2n) is 5.40. The molecule has 0 aromatic carbocycles. The van der Waals surface area contributed by atoms with Crippen LogP contribution in [0.4, 0.5) is 10.5 Å². The number of carbonyl (C=O) groups excluding carboxylic acids is 2. The molecule has 0 aliphatic heterocycles. The summed E-state index contributed by atoms with van der Waals surface area (Å²) in [5, 5.41) is 5.77. The van der Waals surface area contributed by atoms with E-state index in [0.29, 0.717) is 16.8 Å². The molecule has 2 N–H and O–H groups in total. The van der Waals surface area contributed by atoms with Crippen molar-refractivity contribution in [3.63, 3.8) is 0 Å². The summed E-state index contributed by atoms with van der Waals surface area (Å²) in [5.41, 5.74) is 0.409. The van der Waals surface area contributed by atoms with Crippen molar-refractivity contribution in [1.82, 2.24) is 10.3 Å². The van der Waals surface area contributed by atoms with Crippen LogP contribution in [0.15, 0.2) is 29.0 Å². The predicted octanol–water partition coefficient (Wildman–Crippen LogP) is 2.29. The Morgan fingerprint density at radius 2 is 2.10 bits per heavy atom. The van der Waals surface area contributed by atoms with Gasteiger partial charge in [0.1, 0.15) is 12.1 Å². The fraction of sp³-hybridized carbons (Fsp3) is 0.357. The topological polar surface area (TPSA) is 93.5 Å². The largest absolute Gasteiger partial charge is 0.446 e. The Bertz CT molecular complexity index is 658. The number of anilines is 1. The second-order valence-corrected chi connectivity index (χ2v) is 5.40. The summed E-state index contributed by atoms with van der Waals surface area (Å²) in [5.74, 6) is -0.366. The molecule has 0 bridgehead atoms. The van der Waals surface area contributed by atoms with Crippen LogP contribution < -0.4 is 10.6 Å². The minimum Gasteiger partial charge on any atom is -0.446 e. The lowest BCUT2D eigenvalue weighted by Crippen LogP contribution is -2.37. The molecular weight excluding hydrogens is 274 g/mol. The fourth-order valence-electron chi connectivity index (χ4n) is 1.65. The van der Waals surface area contributed by atoms with E-state index in [9.17, 15) is 9.59 Å². The third-order valence-electron chi connectivity index (χ3n) is 2.43. The first kappa shape index (κ1) is 14.8. The summed E-state index contributed by atoms with van der Waals surface area (Å²) < 4.78 is 10.2. The van der Waals surface area contributed by atoms with Crippen molar-refractivity contribution in [1.29, 1.82) is 0 Å².